The van der Waals surface area contributed by atoms with Crippen LogP contribution in [0.4, 0.5) is 0 Å². The lowest BCUT2D eigenvalue weighted by Crippen LogP contribution is -2.40. The van der Waals surface area contributed by atoms with Crippen LogP contribution in [0, 0.1) is 6.92 Å². The minimum atomic E-state index is -3.61. The van der Waals surface area contributed by atoms with Crippen LogP contribution in [-0.2, 0) is 21.3 Å². The Bertz CT molecular complexity index is 855. The van der Waals surface area contributed by atoms with Crippen LogP contribution in [0.25, 0.3) is 0 Å². The number of nitrogens with one attached hydrogen (secondary N) is 1. The van der Waals surface area contributed by atoms with Gasteiger partial charge in [0.1, 0.15) is 0 Å². The highest BCUT2D eigenvalue weighted by molar-refractivity contribution is 7.89. The molecule has 0 radical (unpaired) electrons. The number of benzene rings is 1. The number of amides is 1. The predicted molar refractivity (Wildman–Crippen MR) is 96.2 cm³/mol. The van der Waals surface area contributed by atoms with Gasteiger partial charge < -0.3 is 10.1 Å². The molecule has 0 aliphatic carbocycles. The number of hydrogen-bond donors (Lipinski definition) is 1. The number of morpholine rings is 1. The third-order valence-corrected chi connectivity index (χ3v) is 6.82. The van der Waals surface area contributed by atoms with Gasteiger partial charge in [0.2, 0.25) is 10.0 Å². The van der Waals surface area contributed by atoms with Crippen LogP contribution in [0.3, 0.4) is 0 Å². The largest absolute Gasteiger partial charge is 0.379 e. The Labute approximate surface area is 151 Å². The van der Waals surface area contributed by atoms with E-state index in [2.05, 4.69) is 5.32 Å². The first-order valence-corrected chi connectivity index (χ1v) is 10.2. The average Bonchev–Trinajstić information content (AvgIpc) is 3.06. The zero-order chi connectivity index (χ0) is 17.9. The minimum absolute atomic E-state index is 0.133. The molecule has 0 spiro atoms. The number of aryl methyl sites for hydroxylation is 1. The molecule has 1 N–H and O–H groups in total. The summed E-state index contributed by atoms with van der Waals surface area (Å²) in [5, 5.41) is 2.83. The van der Waals surface area contributed by atoms with Crippen LogP contribution in [0.1, 0.15) is 20.1 Å². The van der Waals surface area contributed by atoms with Gasteiger partial charge in [0.15, 0.2) is 0 Å². The normalized spacial score (nSPS) is 15.9. The van der Waals surface area contributed by atoms with Gasteiger partial charge in [-0.1, -0.05) is 6.07 Å². The molecule has 0 atom stereocenters. The maximum Gasteiger partial charge on any atom is 0.251 e. The highest BCUT2D eigenvalue weighted by Gasteiger charge is 2.26. The maximum absolute atomic E-state index is 12.7. The summed E-state index contributed by atoms with van der Waals surface area (Å²) < 4.78 is 32.0. The van der Waals surface area contributed by atoms with Gasteiger partial charge in [-0.15, -0.1) is 11.3 Å². The number of ether oxygens (including phenoxy) is 1. The van der Waals surface area contributed by atoms with Crippen molar-refractivity contribution in [1.82, 2.24) is 9.62 Å². The Hall–Kier alpha value is -1.74. The fraction of sp³-hybridized carbons (Fsp3) is 0.353. The Balaban J connectivity index is 1.73. The highest BCUT2D eigenvalue weighted by Crippen LogP contribution is 2.19. The first-order chi connectivity index (χ1) is 12.0. The lowest BCUT2D eigenvalue weighted by atomic mass is 10.2. The standard InChI is InChI=1S/C17H20N2O4S2/c1-13-5-6-15(24-13)12-18-17(20)14-3-2-4-16(11-14)25(21,22)19-7-9-23-10-8-19/h2-6,11H,7-10,12H2,1H3,(H,18,20). The number of carbonyl (C=O) groups excluding carboxylic acids is 1. The number of hydrogen-bond acceptors (Lipinski definition) is 5. The van der Waals surface area contributed by atoms with Crippen LogP contribution < -0.4 is 5.32 Å². The van der Waals surface area contributed by atoms with Crippen molar-refractivity contribution in [3.05, 3.63) is 51.7 Å². The summed E-state index contributed by atoms with van der Waals surface area (Å²) in [5.41, 5.74) is 0.336. The summed E-state index contributed by atoms with van der Waals surface area (Å²) in [6.07, 6.45) is 0. The minimum Gasteiger partial charge on any atom is -0.379 e. The summed E-state index contributed by atoms with van der Waals surface area (Å²) in [6, 6.07) is 10.1. The topological polar surface area (TPSA) is 75.7 Å². The second-order valence-electron chi connectivity index (χ2n) is 5.74. The Morgan fingerprint density at radius 2 is 2.00 bits per heavy atom. The van der Waals surface area contributed by atoms with Crippen LogP contribution in [0.2, 0.25) is 0 Å². The maximum atomic E-state index is 12.7. The van der Waals surface area contributed by atoms with E-state index in [9.17, 15) is 13.2 Å². The fourth-order valence-electron chi connectivity index (χ4n) is 2.58. The highest BCUT2D eigenvalue weighted by atomic mass is 32.2. The third-order valence-electron chi connectivity index (χ3n) is 3.92. The van der Waals surface area contributed by atoms with Crippen molar-refractivity contribution in [3.8, 4) is 0 Å². The molecular formula is C17H20N2O4S2. The van der Waals surface area contributed by atoms with E-state index < -0.39 is 10.0 Å². The lowest BCUT2D eigenvalue weighted by Gasteiger charge is -2.26. The van der Waals surface area contributed by atoms with E-state index in [0.29, 0.717) is 38.4 Å². The molecule has 2 aromatic rings. The van der Waals surface area contributed by atoms with Crippen LogP contribution in [0.5, 0.6) is 0 Å². The van der Waals surface area contributed by atoms with Gasteiger partial charge in [0, 0.05) is 28.4 Å². The predicted octanol–water partition coefficient (Wildman–Crippen LogP) is 2.01. The molecule has 1 aliphatic rings. The molecular weight excluding hydrogens is 360 g/mol. The van der Waals surface area contributed by atoms with Gasteiger partial charge in [0.05, 0.1) is 24.7 Å². The second kappa shape index (κ2) is 7.65. The molecule has 1 fully saturated rings. The van der Waals surface area contributed by atoms with Crippen molar-refractivity contribution in [3.63, 3.8) is 0 Å². The van der Waals surface area contributed by atoms with E-state index in [1.807, 2.05) is 19.1 Å². The van der Waals surface area contributed by atoms with Gasteiger partial charge in [-0.05, 0) is 37.3 Å². The summed E-state index contributed by atoms with van der Waals surface area (Å²) in [7, 11) is -3.61. The monoisotopic (exact) mass is 380 g/mol. The molecule has 1 aliphatic heterocycles. The molecule has 1 saturated heterocycles. The van der Waals surface area contributed by atoms with Crippen LogP contribution >= 0.6 is 11.3 Å². The summed E-state index contributed by atoms with van der Waals surface area (Å²) in [4.78, 5) is 14.7. The molecule has 8 heteroatoms. The van der Waals surface area contributed by atoms with Gasteiger partial charge in [-0.3, -0.25) is 4.79 Å². The third kappa shape index (κ3) is 4.27. The quantitative estimate of drug-likeness (QED) is 0.861. The number of thiophene rings is 1. The van der Waals surface area contributed by atoms with Gasteiger partial charge in [-0.2, -0.15) is 4.31 Å². The number of carbonyl (C=O) groups is 1. The van der Waals surface area contributed by atoms with Crippen molar-refractivity contribution in [2.75, 3.05) is 26.3 Å². The molecule has 0 saturated carbocycles. The summed E-state index contributed by atoms with van der Waals surface area (Å²) >= 11 is 1.62. The second-order valence-corrected chi connectivity index (χ2v) is 9.05. The Morgan fingerprint density at radius 1 is 1.24 bits per heavy atom. The van der Waals surface area contributed by atoms with Crippen molar-refractivity contribution >= 4 is 27.3 Å². The molecule has 1 amide bonds. The lowest BCUT2D eigenvalue weighted by molar-refractivity contribution is 0.0730. The van der Waals surface area contributed by atoms with Gasteiger partial charge in [-0.25, -0.2) is 8.42 Å². The molecule has 2 heterocycles. The Morgan fingerprint density at radius 3 is 2.68 bits per heavy atom. The fourth-order valence-corrected chi connectivity index (χ4v) is 4.87. The molecule has 0 unspecified atom stereocenters. The van der Waals surface area contributed by atoms with E-state index in [1.54, 1.807) is 23.5 Å². The molecule has 25 heavy (non-hydrogen) atoms. The van der Waals surface area contributed by atoms with Crippen molar-refractivity contribution in [2.24, 2.45) is 0 Å². The average molecular weight is 380 g/mol. The molecule has 134 valence electrons. The summed E-state index contributed by atoms with van der Waals surface area (Å²) in [6.45, 7) is 3.87. The van der Waals surface area contributed by atoms with Crippen molar-refractivity contribution in [1.29, 1.82) is 0 Å². The molecule has 1 aromatic carbocycles. The van der Waals surface area contributed by atoms with Gasteiger partial charge in [0.25, 0.3) is 5.91 Å². The smallest absolute Gasteiger partial charge is 0.251 e. The number of nitrogens with zero attached hydrogens (tertiary/aromatic N) is 1. The van der Waals surface area contributed by atoms with Crippen LogP contribution in [-0.4, -0.2) is 44.9 Å². The zero-order valence-corrected chi connectivity index (χ0v) is 15.5. The molecule has 3 rings (SSSR count). The van der Waals surface area contributed by atoms with E-state index in [0.717, 1.165) is 4.88 Å². The summed E-state index contributed by atoms with van der Waals surface area (Å²) in [5.74, 6) is -0.287. The molecule has 0 bridgehead atoms. The Kier molecular flexibility index (Phi) is 5.53. The van der Waals surface area contributed by atoms with E-state index in [-0.39, 0.29) is 10.8 Å². The van der Waals surface area contributed by atoms with E-state index in [1.165, 1.54) is 21.3 Å². The molecule has 1 aromatic heterocycles. The van der Waals surface area contributed by atoms with E-state index >= 15 is 0 Å². The number of sulfonamides is 1. The first-order valence-electron chi connectivity index (χ1n) is 7.98. The zero-order valence-electron chi connectivity index (χ0n) is 13.9. The van der Waals surface area contributed by atoms with E-state index in [4.69, 9.17) is 4.74 Å². The SMILES string of the molecule is Cc1ccc(CNC(=O)c2cccc(S(=O)(=O)N3CCOCC3)c2)s1. The first kappa shape index (κ1) is 18.1. The van der Waals surface area contributed by atoms with Crippen molar-refractivity contribution < 1.29 is 17.9 Å². The van der Waals surface area contributed by atoms with Crippen LogP contribution in [0.15, 0.2) is 41.3 Å². The molecule has 6 nitrogen and oxygen atoms in total. The van der Waals surface area contributed by atoms with Gasteiger partial charge >= 0.3 is 0 Å². The number of rotatable bonds is 5. The van der Waals surface area contributed by atoms with Crippen molar-refractivity contribution in [2.45, 2.75) is 18.4 Å².